The molecule has 0 fully saturated rings. The number of hydrogen-bond acceptors (Lipinski definition) is 6. The molecule has 0 aliphatic carbocycles. The van der Waals surface area contributed by atoms with Crippen LogP contribution in [-0.4, -0.2) is 44.1 Å². The van der Waals surface area contributed by atoms with Gasteiger partial charge in [0, 0.05) is 19.2 Å². The Morgan fingerprint density at radius 1 is 1.09 bits per heavy atom. The smallest absolute Gasteiger partial charge is 0.271 e. The molecule has 3 aromatic rings. The van der Waals surface area contributed by atoms with Crippen LogP contribution in [0.2, 0.25) is 0 Å². The maximum Gasteiger partial charge on any atom is 0.271 e. The van der Waals surface area contributed by atoms with Gasteiger partial charge in [-0.05, 0) is 60.5 Å². The average molecular weight is 468 g/mol. The minimum absolute atomic E-state index is 0.0103. The third kappa shape index (κ3) is 5.97. The van der Waals surface area contributed by atoms with Crippen molar-refractivity contribution in [3.63, 3.8) is 0 Å². The van der Waals surface area contributed by atoms with E-state index >= 15 is 0 Å². The second-order valence-corrected chi connectivity index (χ2v) is 9.45. The van der Waals surface area contributed by atoms with E-state index < -0.39 is 15.9 Å². The van der Waals surface area contributed by atoms with Crippen LogP contribution in [0.15, 0.2) is 76.7 Å². The van der Waals surface area contributed by atoms with Crippen LogP contribution in [-0.2, 0) is 16.6 Å². The van der Waals surface area contributed by atoms with E-state index in [2.05, 4.69) is 10.5 Å². The lowest BCUT2D eigenvalue weighted by Gasteiger charge is -2.17. The third-order valence-corrected chi connectivity index (χ3v) is 6.75. The highest BCUT2D eigenvalue weighted by atomic mass is 32.2. The molecule has 2 N–H and O–H groups in total. The molecule has 8 nitrogen and oxygen atoms in total. The number of hydrazone groups is 1. The standard InChI is InChI=1S/C24H25N3O5S/c1-17-4-11-21(12-5-17)33(30,31)27(2)16-18-6-9-20(10-7-18)24(29)26-25-15-19-8-13-22(28)23(14-19)32-3/h4-15,28H,16H2,1-3H3,(H,26,29)/b25-15+. The molecular weight excluding hydrogens is 442 g/mol. The molecule has 0 aliphatic heterocycles. The van der Waals surface area contributed by atoms with Gasteiger partial charge in [0.25, 0.3) is 5.91 Å². The first-order valence-electron chi connectivity index (χ1n) is 10.0. The fourth-order valence-corrected chi connectivity index (χ4v) is 4.16. The van der Waals surface area contributed by atoms with Gasteiger partial charge in [0.2, 0.25) is 10.0 Å². The lowest BCUT2D eigenvalue weighted by atomic mass is 10.1. The molecule has 33 heavy (non-hydrogen) atoms. The van der Waals surface area contributed by atoms with E-state index in [0.717, 1.165) is 11.1 Å². The van der Waals surface area contributed by atoms with E-state index in [4.69, 9.17) is 4.74 Å². The van der Waals surface area contributed by atoms with Gasteiger partial charge in [-0.25, -0.2) is 13.8 Å². The van der Waals surface area contributed by atoms with Crippen molar-refractivity contribution in [2.24, 2.45) is 5.10 Å². The lowest BCUT2D eigenvalue weighted by Crippen LogP contribution is -2.26. The van der Waals surface area contributed by atoms with Crippen molar-refractivity contribution >= 4 is 22.1 Å². The fourth-order valence-electron chi connectivity index (χ4n) is 3.00. The van der Waals surface area contributed by atoms with Crippen molar-refractivity contribution in [3.05, 3.63) is 89.0 Å². The largest absolute Gasteiger partial charge is 0.504 e. The van der Waals surface area contributed by atoms with Gasteiger partial charge in [0.15, 0.2) is 11.5 Å². The summed E-state index contributed by atoms with van der Waals surface area (Å²) in [5, 5.41) is 13.5. The van der Waals surface area contributed by atoms with Gasteiger partial charge in [-0.2, -0.15) is 9.41 Å². The number of phenols is 1. The Morgan fingerprint density at radius 3 is 2.39 bits per heavy atom. The number of carbonyl (C=O) groups is 1. The molecule has 0 aliphatic rings. The van der Waals surface area contributed by atoms with Crippen LogP contribution in [0, 0.1) is 6.92 Å². The second-order valence-electron chi connectivity index (χ2n) is 7.40. The number of methoxy groups -OCH3 is 1. The molecule has 0 saturated carbocycles. The molecular formula is C24H25N3O5S. The Labute approximate surface area is 193 Å². The van der Waals surface area contributed by atoms with E-state index in [1.165, 1.54) is 30.7 Å². The van der Waals surface area contributed by atoms with Gasteiger partial charge in [0.05, 0.1) is 18.2 Å². The van der Waals surface area contributed by atoms with Gasteiger partial charge < -0.3 is 9.84 Å². The molecule has 0 aromatic heterocycles. The van der Waals surface area contributed by atoms with Crippen molar-refractivity contribution in [1.82, 2.24) is 9.73 Å². The van der Waals surface area contributed by atoms with Gasteiger partial charge in [-0.3, -0.25) is 4.79 Å². The summed E-state index contributed by atoms with van der Waals surface area (Å²) >= 11 is 0. The van der Waals surface area contributed by atoms with Gasteiger partial charge in [-0.15, -0.1) is 0 Å². The molecule has 0 bridgehead atoms. The Bertz CT molecular complexity index is 1250. The highest BCUT2D eigenvalue weighted by Crippen LogP contribution is 2.25. The van der Waals surface area contributed by atoms with Crippen LogP contribution in [0.1, 0.15) is 27.0 Å². The van der Waals surface area contributed by atoms with Crippen LogP contribution in [0.3, 0.4) is 0 Å². The zero-order chi connectivity index (χ0) is 24.0. The number of aryl methyl sites for hydroxylation is 1. The van der Waals surface area contributed by atoms with E-state index in [1.807, 2.05) is 6.92 Å². The van der Waals surface area contributed by atoms with Crippen LogP contribution in [0.4, 0.5) is 0 Å². The van der Waals surface area contributed by atoms with Crippen molar-refractivity contribution < 1.29 is 23.1 Å². The molecule has 0 radical (unpaired) electrons. The number of phenolic OH excluding ortho intramolecular Hbond substituents is 1. The number of nitrogens with one attached hydrogen (secondary N) is 1. The topological polar surface area (TPSA) is 108 Å². The summed E-state index contributed by atoms with van der Waals surface area (Å²) in [7, 11) is -0.658. The Morgan fingerprint density at radius 2 is 1.76 bits per heavy atom. The fraction of sp³-hybridized carbons (Fsp3) is 0.167. The summed E-state index contributed by atoms with van der Waals surface area (Å²) in [5.74, 6) is -0.101. The summed E-state index contributed by atoms with van der Waals surface area (Å²) in [6, 6.07) is 18.0. The van der Waals surface area contributed by atoms with Crippen molar-refractivity contribution in [1.29, 1.82) is 0 Å². The third-order valence-electron chi connectivity index (χ3n) is 4.93. The van der Waals surface area contributed by atoms with Crippen molar-refractivity contribution in [2.45, 2.75) is 18.4 Å². The zero-order valence-electron chi connectivity index (χ0n) is 18.5. The molecule has 9 heteroatoms. The normalized spacial score (nSPS) is 11.6. The average Bonchev–Trinajstić information content (AvgIpc) is 2.80. The molecule has 3 aromatic carbocycles. The SMILES string of the molecule is COc1cc(/C=N/NC(=O)c2ccc(CN(C)S(=O)(=O)c3ccc(C)cc3)cc2)ccc1O. The number of hydrogen-bond donors (Lipinski definition) is 2. The number of rotatable bonds is 8. The number of ether oxygens (including phenoxy) is 1. The number of nitrogens with zero attached hydrogens (tertiary/aromatic N) is 2. The summed E-state index contributed by atoms with van der Waals surface area (Å²) in [4.78, 5) is 12.6. The predicted octanol–water partition coefficient (Wildman–Crippen LogP) is 3.29. The van der Waals surface area contributed by atoms with Gasteiger partial charge in [-0.1, -0.05) is 29.8 Å². The quantitative estimate of drug-likeness (QED) is 0.390. The minimum atomic E-state index is -3.62. The van der Waals surface area contributed by atoms with E-state index in [1.54, 1.807) is 60.7 Å². The maximum absolute atomic E-state index is 12.7. The van der Waals surface area contributed by atoms with Crippen molar-refractivity contribution in [3.8, 4) is 11.5 Å². The van der Waals surface area contributed by atoms with E-state index in [9.17, 15) is 18.3 Å². The molecule has 0 atom stereocenters. The summed E-state index contributed by atoms with van der Waals surface area (Å²) in [5.41, 5.74) is 5.17. The van der Waals surface area contributed by atoms with E-state index in [0.29, 0.717) is 16.9 Å². The molecule has 1 amide bonds. The summed E-state index contributed by atoms with van der Waals surface area (Å²) in [6.07, 6.45) is 1.43. The second kappa shape index (κ2) is 10.3. The Balaban J connectivity index is 1.61. The number of sulfonamides is 1. The molecule has 172 valence electrons. The van der Waals surface area contributed by atoms with Gasteiger partial charge >= 0.3 is 0 Å². The molecule has 0 heterocycles. The molecule has 3 rings (SSSR count). The number of benzene rings is 3. The molecule has 0 unspecified atom stereocenters. The summed E-state index contributed by atoms with van der Waals surface area (Å²) in [6.45, 7) is 2.06. The zero-order valence-corrected chi connectivity index (χ0v) is 19.3. The first-order chi connectivity index (χ1) is 15.7. The number of carbonyl (C=O) groups excluding carboxylic acids is 1. The maximum atomic E-state index is 12.7. The van der Waals surface area contributed by atoms with Crippen molar-refractivity contribution in [2.75, 3.05) is 14.2 Å². The lowest BCUT2D eigenvalue weighted by molar-refractivity contribution is 0.0955. The van der Waals surface area contributed by atoms with Gasteiger partial charge in [0.1, 0.15) is 0 Å². The minimum Gasteiger partial charge on any atom is -0.504 e. The Hall–Kier alpha value is -3.69. The first-order valence-corrected chi connectivity index (χ1v) is 11.5. The van der Waals surface area contributed by atoms with Crippen LogP contribution < -0.4 is 10.2 Å². The first kappa shape index (κ1) is 24.0. The van der Waals surface area contributed by atoms with Crippen LogP contribution in [0.5, 0.6) is 11.5 Å². The summed E-state index contributed by atoms with van der Waals surface area (Å²) < 4.78 is 31.8. The molecule has 0 spiro atoms. The highest BCUT2D eigenvalue weighted by Gasteiger charge is 2.20. The Kier molecular flexibility index (Phi) is 7.47. The van der Waals surface area contributed by atoms with Crippen LogP contribution in [0.25, 0.3) is 0 Å². The number of aromatic hydroxyl groups is 1. The van der Waals surface area contributed by atoms with E-state index in [-0.39, 0.29) is 17.2 Å². The monoisotopic (exact) mass is 467 g/mol. The van der Waals surface area contributed by atoms with Crippen LogP contribution >= 0.6 is 0 Å². The highest BCUT2D eigenvalue weighted by molar-refractivity contribution is 7.89. The predicted molar refractivity (Wildman–Crippen MR) is 126 cm³/mol. The molecule has 0 saturated heterocycles. The number of amides is 1.